The molecule has 0 N–H and O–H groups in total. The van der Waals surface area contributed by atoms with Crippen LogP contribution < -0.4 is 10.5 Å². The molecule has 1 amide bonds. The Hall–Kier alpha value is -3.01. The number of aromatic nitrogens is 2. The fraction of sp³-hybridized carbons (Fsp3) is 0.333. The van der Waals surface area contributed by atoms with Crippen molar-refractivity contribution in [2.45, 2.75) is 46.4 Å². The van der Waals surface area contributed by atoms with Gasteiger partial charge in [-0.05, 0) is 51.0 Å². The van der Waals surface area contributed by atoms with E-state index in [1.54, 1.807) is 21.6 Å². The number of morpholine rings is 1. The number of carbonyl (C=O) groups excluding carboxylic acids is 1. The molecule has 4 heterocycles. The Kier molecular flexibility index (Phi) is 6.72. The third-order valence-corrected chi connectivity index (χ3v) is 7.69. The number of thioether (sulfide) groups is 1. The SMILES string of the molecule is Cc1ccc(CN2C(=O)C(=Cc3c(N4CC(C)OC(C)C4)nc4ccc(C)cn4c3=O)SC2=S)cc1. The highest BCUT2D eigenvalue weighted by molar-refractivity contribution is 8.26. The zero-order chi connectivity index (χ0) is 25.6. The lowest BCUT2D eigenvalue weighted by molar-refractivity contribution is -0.122. The summed E-state index contributed by atoms with van der Waals surface area (Å²) in [6.45, 7) is 9.58. The number of ether oxygens (including phenoxy) is 1. The van der Waals surface area contributed by atoms with Gasteiger partial charge in [-0.2, -0.15) is 0 Å². The number of aryl methyl sites for hydroxylation is 2. The maximum Gasteiger partial charge on any atom is 0.267 e. The number of anilines is 1. The van der Waals surface area contributed by atoms with Crippen LogP contribution in [0.15, 0.2) is 52.3 Å². The van der Waals surface area contributed by atoms with Gasteiger partial charge in [0.05, 0.1) is 29.2 Å². The third kappa shape index (κ3) is 4.83. The average Bonchev–Trinajstić information content (AvgIpc) is 3.09. The molecule has 0 aliphatic carbocycles. The molecule has 1 aromatic carbocycles. The summed E-state index contributed by atoms with van der Waals surface area (Å²) in [5.74, 6) is 0.364. The van der Waals surface area contributed by atoms with Crippen LogP contribution in [0.1, 0.15) is 36.1 Å². The quantitative estimate of drug-likeness (QED) is 0.375. The number of pyridine rings is 1. The number of fused-ring (bicyclic) bond motifs is 1. The minimum Gasteiger partial charge on any atom is -0.372 e. The van der Waals surface area contributed by atoms with Crippen LogP contribution in [0.25, 0.3) is 11.7 Å². The lowest BCUT2D eigenvalue weighted by Crippen LogP contribution is -2.46. The Bertz CT molecular complexity index is 1440. The molecule has 9 heteroatoms. The van der Waals surface area contributed by atoms with Crippen LogP contribution in [-0.2, 0) is 16.1 Å². The van der Waals surface area contributed by atoms with Crippen LogP contribution in [0, 0.1) is 13.8 Å². The molecule has 2 aliphatic rings. The molecule has 2 aromatic heterocycles. The van der Waals surface area contributed by atoms with Crippen LogP contribution in [-0.4, -0.2) is 49.8 Å². The van der Waals surface area contributed by atoms with E-state index < -0.39 is 0 Å². The first kappa shape index (κ1) is 24.7. The van der Waals surface area contributed by atoms with Gasteiger partial charge in [-0.1, -0.05) is 59.9 Å². The topological polar surface area (TPSA) is 67.2 Å². The Morgan fingerprint density at radius 2 is 1.72 bits per heavy atom. The number of nitrogens with zero attached hydrogens (tertiary/aromatic N) is 4. The standard InChI is InChI=1S/C27H28N4O3S2/c1-16-5-8-20(9-6-16)15-31-26(33)22(36-27(31)35)11-21-24(29-13-18(3)34-19(4)14-29)28-23-10-7-17(2)12-30(23)25(21)32/h5-12,18-19H,13-15H2,1-4H3. The molecule has 2 atom stereocenters. The molecule has 3 aromatic rings. The van der Waals surface area contributed by atoms with Crippen LogP contribution >= 0.6 is 24.0 Å². The predicted molar refractivity (Wildman–Crippen MR) is 148 cm³/mol. The summed E-state index contributed by atoms with van der Waals surface area (Å²) < 4.78 is 7.93. The molecule has 2 saturated heterocycles. The zero-order valence-electron chi connectivity index (χ0n) is 20.7. The van der Waals surface area contributed by atoms with E-state index in [0.717, 1.165) is 16.7 Å². The van der Waals surface area contributed by atoms with Crippen molar-refractivity contribution in [1.29, 1.82) is 0 Å². The summed E-state index contributed by atoms with van der Waals surface area (Å²) in [5.41, 5.74) is 3.84. The van der Waals surface area contributed by atoms with Crippen molar-refractivity contribution in [2.24, 2.45) is 0 Å². The van der Waals surface area contributed by atoms with Crippen LogP contribution in [0.4, 0.5) is 5.82 Å². The average molecular weight is 521 g/mol. The smallest absolute Gasteiger partial charge is 0.267 e. The predicted octanol–water partition coefficient (Wildman–Crippen LogP) is 4.33. The van der Waals surface area contributed by atoms with Crippen molar-refractivity contribution in [1.82, 2.24) is 14.3 Å². The second-order valence-electron chi connectivity index (χ2n) is 9.50. The minimum absolute atomic E-state index is 0.00686. The summed E-state index contributed by atoms with van der Waals surface area (Å²) in [5, 5.41) is 0. The molecule has 7 nitrogen and oxygen atoms in total. The minimum atomic E-state index is -0.214. The molecule has 2 fully saturated rings. The van der Waals surface area contributed by atoms with Crippen molar-refractivity contribution in [3.63, 3.8) is 0 Å². The molecular formula is C27H28N4O3S2. The molecule has 5 rings (SSSR count). The molecule has 0 spiro atoms. The van der Waals surface area contributed by atoms with Crippen molar-refractivity contribution < 1.29 is 9.53 Å². The number of amides is 1. The Labute approximate surface area is 219 Å². The Balaban J connectivity index is 1.57. The first-order chi connectivity index (χ1) is 17.2. The van der Waals surface area contributed by atoms with E-state index >= 15 is 0 Å². The lowest BCUT2D eigenvalue weighted by atomic mass is 10.1. The van der Waals surface area contributed by atoms with E-state index in [0.29, 0.717) is 45.9 Å². The van der Waals surface area contributed by atoms with Crippen molar-refractivity contribution in [2.75, 3.05) is 18.0 Å². The van der Waals surface area contributed by atoms with Crippen molar-refractivity contribution in [3.8, 4) is 0 Å². The number of rotatable bonds is 4. The zero-order valence-corrected chi connectivity index (χ0v) is 22.4. The molecule has 186 valence electrons. The van der Waals surface area contributed by atoms with Crippen LogP contribution in [0.5, 0.6) is 0 Å². The van der Waals surface area contributed by atoms with E-state index in [1.807, 2.05) is 64.1 Å². The van der Waals surface area contributed by atoms with Gasteiger partial charge in [0.15, 0.2) is 0 Å². The number of thiocarbonyl (C=S) groups is 1. The van der Waals surface area contributed by atoms with Gasteiger partial charge in [-0.15, -0.1) is 0 Å². The monoisotopic (exact) mass is 520 g/mol. The fourth-order valence-corrected chi connectivity index (χ4v) is 5.85. The molecule has 2 aliphatic heterocycles. The third-order valence-electron chi connectivity index (χ3n) is 6.31. The second-order valence-corrected chi connectivity index (χ2v) is 11.2. The molecule has 2 unspecified atom stereocenters. The number of carbonyl (C=O) groups is 1. The van der Waals surface area contributed by atoms with E-state index in [2.05, 4.69) is 4.90 Å². The summed E-state index contributed by atoms with van der Waals surface area (Å²) in [6, 6.07) is 11.8. The number of benzene rings is 1. The maximum atomic E-state index is 13.7. The highest BCUT2D eigenvalue weighted by Crippen LogP contribution is 2.35. The Morgan fingerprint density at radius 3 is 2.42 bits per heavy atom. The summed E-state index contributed by atoms with van der Waals surface area (Å²) in [7, 11) is 0. The second kappa shape index (κ2) is 9.80. The van der Waals surface area contributed by atoms with Gasteiger partial charge in [0.25, 0.3) is 11.5 Å². The first-order valence-electron chi connectivity index (χ1n) is 11.9. The van der Waals surface area contributed by atoms with Gasteiger partial charge in [0, 0.05) is 19.3 Å². The number of hydrogen-bond donors (Lipinski definition) is 0. The van der Waals surface area contributed by atoms with Crippen LogP contribution in [0.2, 0.25) is 0 Å². The van der Waals surface area contributed by atoms with Gasteiger partial charge < -0.3 is 9.64 Å². The number of hydrogen-bond acceptors (Lipinski definition) is 7. The van der Waals surface area contributed by atoms with E-state index in [-0.39, 0.29) is 23.7 Å². The Morgan fingerprint density at radius 1 is 1.06 bits per heavy atom. The largest absolute Gasteiger partial charge is 0.372 e. The van der Waals surface area contributed by atoms with Gasteiger partial charge >= 0.3 is 0 Å². The molecule has 0 radical (unpaired) electrons. The highest BCUT2D eigenvalue weighted by Gasteiger charge is 2.33. The molecular weight excluding hydrogens is 492 g/mol. The molecule has 0 saturated carbocycles. The normalized spacial score (nSPS) is 21.7. The van der Waals surface area contributed by atoms with Crippen LogP contribution in [0.3, 0.4) is 0 Å². The summed E-state index contributed by atoms with van der Waals surface area (Å²) in [6.07, 6.45) is 3.43. The van der Waals surface area contributed by atoms with Crippen molar-refractivity contribution in [3.05, 3.63) is 80.1 Å². The summed E-state index contributed by atoms with van der Waals surface area (Å²) in [4.78, 5) is 36.1. The highest BCUT2D eigenvalue weighted by atomic mass is 32.2. The van der Waals surface area contributed by atoms with E-state index in [1.165, 1.54) is 11.8 Å². The van der Waals surface area contributed by atoms with Gasteiger partial charge in [-0.3, -0.25) is 18.9 Å². The van der Waals surface area contributed by atoms with Gasteiger partial charge in [-0.25, -0.2) is 4.98 Å². The maximum absolute atomic E-state index is 13.7. The first-order valence-corrected chi connectivity index (χ1v) is 13.2. The van der Waals surface area contributed by atoms with E-state index in [9.17, 15) is 9.59 Å². The summed E-state index contributed by atoms with van der Waals surface area (Å²) >= 11 is 6.78. The van der Waals surface area contributed by atoms with Gasteiger partial charge in [0.1, 0.15) is 15.8 Å². The molecule has 0 bridgehead atoms. The molecule has 36 heavy (non-hydrogen) atoms. The van der Waals surface area contributed by atoms with Gasteiger partial charge in [0.2, 0.25) is 0 Å². The van der Waals surface area contributed by atoms with E-state index in [4.69, 9.17) is 21.9 Å². The van der Waals surface area contributed by atoms with Crippen molar-refractivity contribution >= 4 is 51.7 Å². The lowest BCUT2D eigenvalue weighted by Gasteiger charge is -2.36. The fourth-order valence-electron chi connectivity index (χ4n) is 4.61.